The minimum Gasteiger partial charge on any atom is -0.399 e. The van der Waals surface area contributed by atoms with Gasteiger partial charge in [-0.25, -0.2) is 0 Å². The topological polar surface area (TPSA) is 69.6 Å². The molecule has 0 amide bonds. The Hall–Kier alpha value is -2.40. The quantitative estimate of drug-likeness (QED) is 0.735. The summed E-state index contributed by atoms with van der Waals surface area (Å²) in [6.07, 6.45) is 0. The lowest BCUT2D eigenvalue weighted by Crippen LogP contribution is -2.00. The fourth-order valence-electron chi connectivity index (χ4n) is 2.07. The first-order valence-electron chi connectivity index (χ1n) is 6.05. The summed E-state index contributed by atoms with van der Waals surface area (Å²) in [7, 11) is 0. The van der Waals surface area contributed by atoms with Crippen LogP contribution < -0.4 is 5.73 Å². The number of rotatable bonds is 2. The van der Waals surface area contributed by atoms with Crippen LogP contribution in [0.25, 0.3) is 17.1 Å². The second-order valence-electron chi connectivity index (χ2n) is 4.52. The number of aryl methyl sites for hydroxylation is 1. The summed E-state index contributed by atoms with van der Waals surface area (Å²) in [6.45, 7) is 1.98. The molecule has 5 nitrogen and oxygen atoms in total. The fourth-order valence-corrected chi connectivity index (χ4v) is 2.19. The summed E-state index contributed by atoms with van der Waals surface area (Å²) in [5.41, 5.74) is 9.34. The Morgan fingerprint density at radius 2 is 1.85 bits per heavy atom. The zero-order valence-electron chi connectivity index (χ0n) is 10.8. The summed E-state index contributed by atoms with van der Waals surface area (Å²) >= 11 is 5.89. The first-order valence-corrected chi connectivity index (χ1v) is 6.43. The Balaban J connectivity index is 2.12. The van der Waals surface area contributed by atoms with Crippen LogP contribution in [0.3, 0.4) is 0 Å². The van der Waals surface area contributed by atoms with Crippen molar-refractivity contribution in [3.05, 3.63) is 53.1 Å². The number of tetrazole rings is 1. The van der Waals surface area contributed by atoms with Gasteiger partial charge in [0.2, 0.25) is 0 Å². The molecule has 0 unspecified atom stereocenters. The van der Waals surface area contributed by atoms with Crippen LogP contribution in [0.2, 0.25) is 5.02 Å². The van der Waals surface area contributed by atoms with E-state index >= 15 is 0 Å². The van der Waals surface area contributed by atoms with E-state index in [0.29, 0.717) is 16.5 Å². The molecule has 2 aromatic carbocycles. The second-order valence-corrected chi connectivity index (χ2v) is 4.96. The lowest BCUT2D eigenvalue weighted by molar-refractivity contribution is 0.791. The summed E-state index contributed by atoms with van der Waals surface area (Å²) in [6, 6.07) is 13.1. The van der Waals surface area contributed by atoms with E-state index in [2.05, 4.69) is 15.5 Å². The van der Waals surface area contributed by atoms with Gasteiger partial charge in [-0.05, 0) is 65.4 Å². The molecule has 0 aliphatic rings. The van der Waals surface area contributed by atoms with Crippen molar-refractivity contribution < 1.29 is 0 Å². The van der Waals surface area contributed by atoms with Crippen molar-refractivity contribution in [1.82, 2.24) is 20.2 Å². The monoisotopic (exact) mass is 285 g/mol. The summed E-state index contributed by atoms with van der Waals surface area (Å²) in [5.74, 6) is 0.641. The van der Waals surface area contributed by atoms with Gasteiger partial charge in [0.05, 0.1) is 5.69 Å². The highest BCUT2D eigenvalue weighted by molar-refractivity contribution is 6.30. The van der Waals surface area contributed by atoms with Gasteiger partial charge in [-0.2, -0.15) is 4.68 Å². The molecule has 0 saturated carbocycles. The van der Waals surface area contributed by atoms with Gasteiger partial charge in [-0.3, -0.25) is 0 Å². The van der Waals surface area contributed by atoms with Crippen LogP contribution in [0.5, 0.6) is 0 Å². The van der Waals surface area contributed by atoms with Crippen LogP contribution >= 0.6 is 11.6 Å². The first kappa shape index (κ1) is 12.6. The van der Waals surface area contributed by atoms with E-state index in [4.69, 9.17) is 17.3 Å². The molecule has 0 aliphatic heterocycles. The molecule has 0 aliphatic carbocycles. The average Bonchev–Trinajstić information content (AvgIpc) is 2.87. The highest BCUT2D eigenvalue weighted by Gasteiger charge is 2.11. The third-order valence-corrected chi connectivity index (χ3v) is 3.15. The van der Waals surface area contributed by atoms with Crippen molar-refractivity contribution in [3.8, 4) is 17.1 Å². The number of aromatic nitrogens is 4. The maximum absolute atomic E-state index is 5.89. The van der Waals surface area contributed by atoms with Crippen molar-refractivity contribution in [2.45, 2.75) is 6.92 Å². The minimum absolute atomic E-state index is 0.641. The summed E-state index contributed by atoms with van der Waals surface area (Å²) < 4.78 is 1.66. The largest absolute Gasteiger partial charge is 0.399 e. The molecule has 0 saturated heterocycles. The minimum atomic E-state index is 0.641. The Labute approximate surface area is 121 Å². The molecule has 1 heterocycles. The van der Waals surface area contributed by atoms with Crippen molar-refractivity contribution >= 4 is 17.3 Å². The van der Waals surface area contributed by atoms with Gasteiger partial charge in [0.1, 0.15) is 0 Å². The lowest BCUT2D eigenvalue weighted by Gasteiger charge is -2.06. The van der Waals surface area contributed by atoms with Crippen molar-refractivity contribution in [2.75, 3.05) is 5.73 Å². The van der Waals surface area contributed by atoms with Gasteiger partial charge in [-0.15, -0.1) is 5.10 Å². The zero-order chi connectivity index (χ0) is 14.1. The number of anilines is 1. The zero-order valence-corrected chi connectivity index (χ0v) is 11.5. The van der Waals surface area contributed by atoms with Gasteiger partial charge >= 0.3 is 0 Å². The maximum Gasteiger partial charge on any atom is 0.187 e. The number of hydrogen-bond acceptors (Lipinski definition) is 4. The summed E-state index contributed by atoms with van der Waals surface area (Å²) in [5, 5.41) is 12.5. The molecule has 0 bridgehead atoms. The van der Waals surface area contributed by atoms with Gasteiger partial charge in [0.25, 0.3) is 0 Å². The number of nitrogens with two attached hydrogens (primary N) is 1. The molecule has 0 atom stereocenters. The molecule has 100 valence electrons. The number of nitrogens with zero attached hydrogens (tertiary/aromatic N) is 4. The van der Waals surface area contributed by atoms with Crippen LogP contribution in [0.1, 0.15) is 5.56 Å². The van der Waals surface area contributed by atoms with Gasteiger partial charge in [0.15, 0.2) is 5.82 Å². The molecule has 2 N–H and O–H groups in total. The SMILES string of the molecule is Cc1cc(N)cc(-c2nnnn2-c2ccc(Cl)cc2)c1. The maximum atomic E-state index is 5.89. The molecular formula is C14H12ClN5. The highest BCUT2D eigenvalue weighted by atomic mass is 35.5. The predicted octanol–water partition coefficient (Wildman–Crippen LogP) is 2.87. The Morgan fingerprint density at radius 1 is 1.10 bits per heavy atom. The van der Waals surface area contributed by atoms with E-state index in [0.717, 1.165) is 16.8 Å². The van der Waals surface area contributed by atoms with Crippen LogP contribution in [0.4, 0.5) is 5.69 Å². The molecule has 1 aromatic heterocycles. The van der Waals surface area contributed by atoms with Crippen molar-refractivity contribution in [3.63, 3.8) is 0 Å². The Kier molecular flexibility index (Phi) is 3.12. The molecule has 0 spiro atoms. The number of benzene rings is 2. The fraction of sp³-hybridized carbons (Fsp3) is 0.0714. The molecule has 3 aromatic rings. The molecular weight excluding hydrogens is 274 g/mol. The van der Waals surface area contributed by atoms with Crippen LogP contribution in [-0.2, 0) is 0 Å². The van der Waals surface area contributed by atoms with Crippen molar-refractivity contribution in [2.24, 2.45) is 0 Å². The van der Waals surface area contributed by atoms with Gasteiger partial charge in [-0.1, -0.05) is 11.6 Å². The molecule has 20 heavy (non-hydrogen) atoms. The smallest absolute Gasteiger partial charge is 0.187 e. The van der Waals surface area contributed by atoms with E-state index < -0.39 is 0 Å². The van der Waals surface area contributed by atoms with Gasteiger partial charge in [0, 0.05) is 16.3 Å². The Morgan fingerprint density at radius 3 is 2.55 bits per heavy atom. The average molecular weight is 286 g/mol. The van der Waals surface area contributed by atoms with E-state index in [1.54, 1.807) is 16.8 Å². The summed E-state index contributed by atoms with van der Waals surface area (Å²) in [4.78, 5) is 0. The van der Waals surface area contributed by atoms with E-state index in [1.165, 1.54) is 0 Å². The first-order chi connectivity index (χ1) is 9.63. The third kappa shape index (κ3) is 2.35. The second kappa shape index (κ2) is 4.94. The van der Waals surface area contributed by atoms with Crippen LogP contribution in [0.15, 0.2) is 42.5 Å². The third-order valence-electron chi connectivity index (χ3n) is 2.90. The standard InChI is InChI=1S/C14H12ClN5/c1-9-6-10(8-12(16)7-9)14-17-18-19-20(14)13-4-2-11(15)3-5-13/h2-8H,16H2,1H3. The van der Waals surface area contributed by atoms with Crippen molar-refractivity contribution in [1.29, 1.82) is 0 Å². The van der Waals surface area contributed by atoms with E-state index in [9.17, 15) is 0 Å². The van der Waals surface area contributed by atoms with Gasteiger partial charge < -0.3 is 5.73 Å². The molecule has 6 heteroatoms. The highest BCUT2D eigenvalue weighted by Crippen LogP contribution is 2.23. The van der Waals surface area contributed by atoms with Crippen LogP contribution in [-0.4, -0.2) is 20.2 Å². The normalized spacial score (nSPS) is 10.7. The molecule has 0 fully saturated rings. The number of hydrogen-bond donors (Lipinski definition) is 1. The van der Waals surface area contributed by atoms with E-state index in [1.807, 2.05) is 37.3 Å². The number of nitrogen functional groups attached to an aromatic ring is 1. The predicted molar refractivity (Wildman–Crippen MR) is 78.7 cm³/mol. The molecule has 0 radical (unpaired) electrons. The molecule has 3 rings (SSSR count). The Bertz CT molecular complexity index is 728. The van der Waals surface area contributed by atoms with Crippen LogP contribution in [0, 0.1) is 6.92 Å². The number of halogens is 1. The lowest BCUT2D eigenvalue weighted by atomic mass is 10.1. The van der Waals surface area contributed by atoms with E-state index in [-0.39, 0.29) is 0 Å².